The second-order valence-corrected chi connectivity index (χ2v) is 9.69. The van der Waals surface area contributed by atoms with Gasteiger partial charge in [-0.15, -0.1) is 0 Å². The van der Waals surface area contributed by atoms with E-state index in [1.807, 2.05) is 17.9 Å². The van der Waals surface area contributed by atoms with Crippen molar-refractivity contribution in [2.24, 2.45) is 0 Å². The van der Waals surface area contributed by atoms with E-state index in [0.29, 0.717) is 36.2 Å². The predicted octanol–water partition coefficient (Wildman–Crippen LogP) is 2.49. The van der Waals surface area contributed by atoms with Gasteiger partial charge in [0.15, 0.2) is 9.84 Å². The van der Waals surface area contributed by atoms with Crippen LogP contribution in [0.25, 0.3) is 0 Å². The van der Waals surface area contributed by atoms with Crippen molar-refractivity contribution in [2.45, 2.75) is 31.6 Å². The summed E-state index contributed by atoms with van der Waals surface area (Å²) in [7, 11) is -3.31. The molecule has 0 amide bonds. The maximum absolute atomic E-state index is 11.6. The third kappa shape index (κ3) is 5.29. The van der Waals surface area contributed by atoms with Crippen LogP contribution in [-0.4, -0.2) is 49.5 Å². The number of nitrogens with two attached hydrogens (primary N) is 1. The molecule has 8 nitrogen and oxygen atoms in total. The van der Waals surface area contributed by atoms with Crippen LogP contribution in [-0.2, 0) is 26.7 Å². The zero-order chi connectivity index (χ0) is 21.2. The summed E-state index contributed by atoms with van der Waals surface area (Å²) in [5.41, 5.74) is 7.63. The number of sulfone groups is 1. The smallest absolute Gasteiger partial charge is 0.222 e. The number of phenols is 1. The first kappa shape index (κ1) is 21.6. The standard InChI is InChI=1S/C19H25ClN4O4S/c1-3-13-8-18(23-19(21)22-13)24-5-4-6-28-10-16(24)14-9-17(25)12(7-15(14)20)11-29(2,26)27/h7-9,16,25H,3-6,10-11H2,1-2H3,(H2,21,22,23). The van der Waals surface area contributed by atoms with E-state index >= 15 is 0 Å². The van der Waals surface area contributed by atoms with Crippen LogP contribution in [0.1, 0.15) is 36.2 Å². The number of hydrogen-bond donors (Lipinski definition) is 2. The molecule has 2 aromatic rings. The Labute approximate surface area is 175 Å². The zero-order valence-corrected chi connectivity index (χ0v) is 18.0. The number of nitrogen functional groups attached to an aromatic ring is 1. The largest absolute Gasteiger partial charge is 0.508 e. The van der Waals surface area contributed by atoms with E-state index in [9.17, 15) is 13.5 Å². The SMILES string of the molecule is CCc1cc(N2CCCOCC2c2cc(O)c(CS(C)(=O)=O)cc2Cl)nc(N)n1. The van der Waals surface area contributed by atoms with Crippen molar-refractivity contribution in [1.82, 2.24) is 9.97 Å². The number of aromatic hydroxyl groups is 1. The third-order valence-corrected chi connectivity index (χ3v) is 5.92. The number of aromatic nitrogens is 2. The predicted molar refractivity (Wildman–Crippen MR) is 113 cm³/mol. The summed E-state index contributed by atoms with van der Waals surface area (Å²) in [5.74, 6) is 0.461. The van der Waals surface area contributed by atoms with Crippen molar-refractivity contribution in [3.63, 3.8) is 0 Å². The minimum absolute atomic E-state index is 0.115. The number of nitrogens with zero attached hydrogens (tertiary/aromatic N) is 3. The fourth-order valence-electron chi connectivity index (χ4n) is 3.41. The van der Waals surface area contributed by atoms with Crippen LogP contribution < -0.4 is 10.6 Å². The van der Waals surface area contributed by atoms with Gasteiger partial charge >= 0.3 is 0 Å². The summed E-state index contributed by atoms with van der Waals surface area (Å²) >= 11 is 6.51. The van der Waals surface area contributed by atoms with E-state index in [2.05, 4.69) is 9.97 Å². The van der Waals surface area contributed by atoms with Crippen molar-refractivity contribution in [3.8, 4) is 5.75 Å². The topological polar surface area (TPSA) is 119 Å². The molecular weight excluding hydrogens is 416 g/mol. The molecule has 0 aliphatic carbocycles. The van der Waals surface area contributed by atoms with Gasteiger partial charge in [0, 0.05) is 41.8 Å². The van der Waals surface area contributed by atoms with Gasteiger partial charge in [0.05, 0.1) is 18.4 Å². The monoisotopic (exact) mass is 440 g/mol. The Hall–Kier alpha value is -2.10. The molecule has 0 bridgehead atoms. The number of benzene rings is 1. The Balaban J connectivity index is 2.04. The molecule has 158 valence electrons. The van der Waals surface area contributed by atoms with E-state index < -0.39 is 9.84 Å². The Morgan fingerprint density at radius 2 is 2.10 bits per heavy atom. The van der Waals surface area contributed by atoms with Gasteiger partial charge in [-0.25, -0.2) is 13.4 Å². The third-order valence-electron chi connectivity index (χ3n) is 4.75. The highest BCUT2D eigenvalue weighted by Gasteiger charge is 2.28. The van der Waals surface area contributed by atoms with Gasteiger partial charge in [0.25, 0.3) is 0 Å². The molecule has 3 N–H and O–H groups in total. The molecule has 1 aromatic carbocycles. The highest BCUT2D eigenvalue weighted by molar-refractivity contribution is 7.89. The summed E-state index contributed by atoms with van der Waals surface area (Å²) in [5, 5.41) is 10.8. The number of hydrogen-bond acceptors (Lipinski definition) is 8. The molecule has 0 radical (unpaired) electrons. The lowest BCUT2D eigenvalue weighted by molar-refractivity contribution is 0.134. The van der Waals surface area contributed by atoms with Gasteiger partial charge in [0.1, 0.15) is 11.6 Å². The molecule has 1 aromatic heterocycles. The van der Waals surface area contributed by atoms with Crippen molar-refractivity contribution < 1.29 is 18.3 Å². The Morgan fingerprint density at radius 3 is 2.79 bits per heavy atom. The zero-order valence-electron chi connectivity index (χ0n) is 16.4. The summed E-state index contributed by atoms with van der Waals surface area (Å²) in [4.78, 5) is 10.7. The van der Waals surface area contributed by atoms with Gasteiger partial charge < -0.3 is 20.5 Å². The molecule has 0 saturated carbocycles. The van der Waals surface area contributed by atoms with Gasteiger partial charge in [-0.05, 0) is 30.5 Å². The quantitative estimate of drug-likeness (QED) is 0.727. The molecule has 3 rings (SSSR count). The van der Waals surface area contributed by atoms with E-state index in [1.54, 1.807) is 0 Å². The van der Waals surface area contributed by atoms with Crippen molar-refractivity contribution in [1.29, 1.82) is 0 Å². The molecule has 0 spiro atoms. The van der Waals surface area contributed by atoms with Crippen LogP contribution in [0.2, 0.25) is 5.02 Å². The second-order valence-electron chi connectivity index (χ2n) is 7.14. The second kappa shape index (κ2) is 8.73. The summed E-state index contributed by atoms with van der Waals surface area (Å²) in [6.07, 6.45) is 2.62. The molecule has 1 atom stereocenters. The van der Waals surface area contributed by atoms with E-state index in [4.69, 9.17) is 22.1 Å². The van der Waals surface area contributed by atoms with Crippen LogP contribution in [0.3, 0.4) is 0 Å². The summed E-state index contributed by atoms with van der Waals surface area (Å²) in [6.45, 7) is 3.58. The minimum atomic E-state index is -3.31. The molecule has 2 heterocycles. The Morgan fingerprint density at radius 1 is 1.34 bits per heavy atom. The molecule has 10 heteroatoms. The highest BCUT2D eigenvalue weighted by atomic mass is 35.5. The maximum atomic E-state index is 11.6. The lowest BCUT2D eigenvalue weighted by Crippen LogP contribution is -2.32. The average molecular weight is 441 g/mol. The van der Waals surface area contributed by atoms with Gasteiger partial charge in [0.2, 0.25) is 5.95 Å². The molecule has 1 unspecified atom stereocenters. The van der Waals surface area contributed by atoms with Gasteiger partial charge in [-0.1, -0.05) is 18.5 Å². The molecule has 29 heavy (non-hydrogen) atoms. The van der Waals surface area contributed by atoms with Crippen molar-refractivity contribution in [2.75, 3.05) is 36.6 Å². The molecule has 1 aliphatic heterocycles. The van der Waals surface area contributed by atoms with Crippen LogP contribution in [0.15, 0.2) is 18.2 Å². The number of halogens is 1. The number of rotatable bonds is 5. The van der Waals surface area contributed by atoms with Crippen LogP contribution in [0.4, 0.5) is 11.8 Å². The summed E-state index contributed by atoms with van der Waals surface area (Å²) < 4.78 is 29.0. The molecule has 1 saturated heterocycles. The van der Waals surface area contributed by atoms with E-state index in [0.717, 1.165) is 24.8 Å². The lowest BCUT2D eigenvalue weighted by Gasteiger charge is -2.32. The highest BCUT2D eigenvalue weighted by Crippen LogP contribution is 2.37. The first-order valence-corrected chi connectivity index (χ1v) is 11.8. The number of aryl methyl sites for hydroxylation is 1. The minimum Gasteiger partial charge on any atom is -0.508 e. The van der Waals surface area contributed by atoms with Crippen LogP contribution in [0.5, 0.6) is 5.75 Å². The van der Waals surface area contributed by atoms with Crippen LogP contribution in [0, 0.1) is 0 Å². The van der Waals surface area contributed by atoms with Crippen molar-refractivity contribution in [3.05, 3.63) is 40.0 Å². The van der Waals surface area contributed by atoms with Gasteiger partial charge in [-0.3, -0.25) is 0 Å². The van der Waals surface area contributed by atoms with E-state index in [-0.39, 0.29) is 29.1 Å². The fourth-order valence-corrected chi connectivity index (χ4v) is 4.52. The molecule has 1 aliphatic rings. The first-order valence-electron chi connectivity index (χ1n) is 9.34. The number of ether oxygens (including phenoxy) is 1. The Kier molecular flexibility index (Phi) is 6.50. The van der Waals surface area contributed by atoms with Gasteiger partial charge in [-0.2, -0.15) is 4.98 Å². The van der Waals surface area contributed by atoms with Crippen LogP contribution >= 0.6 is 11.6 Å². The number of anilines is 2. The maximum Gasteiger partial charge on any atom is 0.222 e. The first-order chi connectivity index (χ1) is 13.7. The fraction of sp³-hybridized carbons (Fsp3) is 0.474. The lowest BCUT2D eigenvalue weighted by atomic mass is 10.0. The Bertz CT molecular complexity index is 1000. The van der Waals surface area contributed by atoms with E-state index in [1.165, 1.54) is 12.1 Å². The number of phenolic OH excluding ortho intramolecular Hbond substituents is 1. The summed E-state index contributed by atoms with van der Waals surface area (Å²) in [6, 6.07) is 4.59. The molecule has 1 fully saturated rings. The normalized spacial score (nSPS) is 17.9. The van der Waals surface area contributed by atoms with Crippen molar-refractivity contribution >= 4 is 33.2 Å². The average Bonchev–Trinajstić information content (AvgIpc) is 2.88. The molecular formula is C19H25ClN4O4S.